The highest BCUT2D eigenvalue weighted by atomic mass is 35.5. The summed E-state index contributed by atoms with van der Waals surface area (Å²) in [5.41, 5.74) is -0.536. The highest BCUT2D eigenvalue weighted by Gasteiger charge is 2.58. The Morgan fingerprint density at radius 1 is 1.47 bits per heavy atom. The van der Waals surface area contributed by atoms with Crippen molar-refractivity contribution in [3.63, 3.8) is 0 Å². The molecule has 1 fully saturated rings. The molecule has 32 heavy (non-hydrogen) atoms. The van der Waals surface area contributed by atoms with Gasteiger partial charge in [-0.1, -0.05) is 17.8 Å². The summed E-state index contributed by atoms with van der Waals surface area (Å²) in [5, 5.41) is 9.55. The monoisotopic (exact) mass is 509 g/mol. The number of anilines is 1. The van der Waals surface area contributed by atoms with Gasteiger partial charge in [-0.2, -0.15) is 12.7 Å². The number of oxime groups is 1. The molecule has 1 saturated heterocycles. The molecule has 0 spiro atoms. The van der Waals surface area contributed by atoms with E-state index in [2.05, 4.69) is 32.1 Å². The number of nitrogens with one attached hydrogen (secondary N) is 2. The molecule has 1 aliphatic rings. The number of hydrogen-bond donors (Lipinski definition) is 3. The van der Waals surface area contributed by atoms with Gasteiger partial charge >= 0.3 is 16.3 Å². The molecule has 1 aliphatic heterocycles. The SMILES string of the molecule is C=CCO/N=C(\C(=O)NC1C(=O)N(S(=O)(=O)O)C1C(=O)OC)c1csc(NC(=O)CCl)n1. The van der Waals surface area contributed by atoms with Gasteiger partial charge in [-0.3, -0.25) is 18.9 Å². The van der Waals surface area contributed by atoms with Crippen molar-refractivity contribution < 1.29 is 41.7 Å². The van der Waals surface area contributed by atoms with Gasteiger partial charge in [-0.15, -0.1) is 22.9 Å². The maximum absolute atomic E-state index is 12.8. The first kappa shape index (κ1) is 25.2. The number of methoxy groups -OCH3 is 1. The first-order chi connectivity index (χ1) is 15.0. The molecule has 17 heteroatoms. The first-order valence-electron chi connectivity index (χ1n) is 8.37. The lowest BCUT2D eigenvalue weighted by atomic mass is 9.98. The summed E-state index contributed by atoms with van der Waals surface area (Å²) in [4.78, 5) is 57.1. The van der Waals surface area contributed by atoms with Gasteiger partial charge in [0, 0.05) is 5.38 Å². The third kappa shape index (κ3) is 5.58. The van der Waals surface area contributed by atoms with Crippen LogP contribution in [-0.4, -0.2) is 83.3 Å². The molecular weight excluding hydrogens is 494 g/mol. The lowest BCUT2D eigenvalue weighted by molar-refractivity contribution is -0.162. The van der Waals surface area contributed by atoms with Crippen molar-refractivity contribution in [2.45, 2.75) is 12.1 Å². The zero-order valence-corrected chi connectivity index (χ0v) is 18.6. The number of ether oxygens (including phenoxy) is 1. The van der Waals surface area contributed by atoms with E-state index in [9.17, 15) is 27.6 Å². The number of amides is 3. The van der Waals surface area contributed by atoms with E-state index in [0.717, 1.165) is 18.4 Å². The summed E-state index contributed by atoms with van der Waals surface area (Å²) < 4.78 is 36.2. The number of β-lactam (4-membered cyclic amide) rings is 1. The molecule has 174 valence electrons. The van der Waals surface area contributed by atoms with Crippen LogP contribution in [0.1, 0.15) is 5.69 Å². The van der Waals surface area contributed by atoms with E-state index in [1.54, 1.807) is 0 Å². The van der Waals surface area contributed by atoms with Gasteiger partial charge in [0.2, 0.25) is 5.91 Å². The van der Waals surface area contributed by atoms with E-state index in [4.69, 9.17) is 21.0 Å². The summed E-state index contributed by atoms with van der Waals surface area (Å²) >= 11 is 6.34. The van der Waals surface area contributed by atoms with Crippen LogP contribution in [0.15, 0.2) is 23.2 Å². The molecule has 0 radical (unpaired) electrons. The Morgan fingerprint density at radius 2 is 2.16 bits per heavy atom. The molecule has 2 atom stereocenters. The quantitative estimate of drug-likeness (QED) is 0.0509. The van der Waals surface area contributed by atoms with Crippen molar-refractivity contribution in [2.24, 2.45) is 5.16 Å². The van der Waals surface area contributed by atoms with Crippen LogP contribution in [0, 0.1) is 0 Å². The van der Waals surface area contributed by atoms with Crippen LogP contribution in [0.4, 0.5) is 5.13 Å². The Kier molecular flexibility index (Phi) is 8.25. The Bertz CT molecular complexity index is 1070. The Hall–Kier alpha value is -3.08. The van der Waals surface area contributed by atoms with Gasteiger partial charge in [0.15, 0.2) is 16.9 Å². The van der Waals surface area contributed by atoms with Crippen molar-refractivity contribution in [2.75, 3.05) is 24.9 Å². The molecule has 3 N–H and O–H groups in total. The van der Waals surface area contributed by atoms with Gasteiger partial charge in [0.25, 0.3) is 11.8 Å². The predicted octanol–water partition coefficient (Wildman–Crippen LogP) is -1.10. The number of esters is 1. The maximum Gasteiger partial charge on any atom is 0.363 e. The topological polar surface area (TPSA) is 194 Å². The number of halogens is 1. The normalized spacial score (nSPS) is 18.4. The van der Waals surface area contributed by atoms with Gasteiger partial charge < -0.3 is 20.2 Å². The molecule has 2 heterocycles. The fourth-order valence-corrected chi connectivity index (χ4v) is 3.99. The summed E-state index contributed by atoms with van der Waals surface area (Å²) in [6.45, 7) is 3.32. The number of alkyl halides is 1. The third-order valence-electron chi connectivity index (χ3n) is 3.71. The summed E-state index contributed by atoms with van der Waals surface area (Å²) in [5.74, 6) is -4.44. The van der Waals surface area contributed by atoms with Crippen molar-refractivity contribution in [3.05, 3.63) is 23.7 Å². The molecule has 1 aromatic rings. The molecule has 14 nitrogen and oxygen atoms in total. The zero-order valence-electron chi connectivity index (χ0n) is 16.2. The summed E-state index contributed by atoms with van der Waals surface area (Å²) in [6, 6.07) is -3.52. The highest BCUT2D eigenvalue weighted by molar-refractivity contribution is 7.84. The zero-order chi connectivity index (χ0) is 24.1. The van der Waals surface area contributed by atoms with Crippen molar-refractivity contribution >= 4 is 67.8 Å². The Balaban J connectivity index is 2.29. The summed E-state index contributed by atoms with van der Waals surface area (Å²) in [6.07, 6.45) is 1.33. The van der Waals surface area contributed by atoms with Crippen LogP contribution in [0.2, 0.25) is 0 Å². The van der Waals surface area contributed by atoms with Crippen LogP contribution in [0.5, 0.6) is 0 Å². The molecule has 0 saturated carbocycles. The Morgan fingerprint density at radius 3 is 2.72 bits per heavy atom. The fourth-order valence-electron chi connectivity index (χ4n) is 2.37. The minimum absolute atomic E-state index is 0.0746. The molecule has 0 aliphatic carbocycles. The van der Waals surface area contributed by atoms with Crippen LogP contribution in [0.25, 0.3) is 0 Å². The van der Waals surface area contributed by atoms with Crippen LogP contribution >= 0.6 is 22.9 Å². The Labute approximate surface area is 190 Å². The van der Waals surface area contributed by atoms with Crippen LogP contribution in [-0.2, 0) is 39.1 Å². The largest absolute Gasteiger partial charge is 0.467 e. The molecule has 1 aromatic heterocycles. The fraction of sp³-hybridized carbons (Fsp3) is 0.333. The number of hydrogen-bond acceptors (Lipinski definition) is 11. The minimum Gasteiger partial charge on any atom is -0.467 e. The lowest BCUT2D eigenvalue weighted by Crippen LogP contribution is -2.74. The second kappa shape index (κ2) is 10.5. The van der Waals surface area contributed by atoms with Crippen molar-refractivity contribution in [1.29, 1.82) is 0 Å². The van der Waals surface area contributed by atoms with Crippen LogP contribution < -0.4 is 10.6 Å². The third-order valence-corrected chi connectivity index (χ3v) is 5.61. The van der Waals surface area contributed by atoms with E-state index < -0.39 is 51.8 Å². The first-order valence-corrected chi connectivity index (χ1v) is 11.2. The van der Waals surface area contributed by atoms with Crippen molar-refractivity contribution in [1.82, 2.24) is 14.6 Å². The van der Waals surface area contributed by atoms with Gasteiger partial charge in [0.1, 0.15) is 24.2 Å². The predicted molar refractivity (Wildman–Crippen MR) is 110 cm³/mol. The van der Waals surface area contributed by atoms with Crippen LogP contribution in [0.3, 0.4) is 0 Å². The molecule has 0 bridgehead atoms. The number of carbonyl (C=O) groups excluding carboxylic acids is 4. The number of nitrogens with zero attached hydrogens (tertiary/aromatic N) is 3. The standard InChI is InChI=1S/C15H16ClN5O9S2/c1-3-4-30-20-9(7-6-31-15(17-7)18-8(22)5-16)12(23)19-10-11(14(25)29-2)21(13(10)24)32(26,27)28/h3,6,10-11H,1,4-5H2,2H3,(H,19,23)(H,17,18,22)(H,26,27,28)/b20-9-. The molecule has 0 aromatic carbocycles. The number of carbonyl (C=O) groups is 4. The molecule has 3 amide bonds. The second-order valence-corrected chi connectivity index (χ2v) is 8.19. The van der Waals surface area contributed by atoms with E-state index in [1.165, 1.54) is 11.5 Å². The highest BCUT2D eigenvalue weighted by Crippen LogP contribution is 2.25. The van der Waals surface area contributed by atoms with E-state index in [1.807, 2.05) is 0 Å². The second-order valence-electron chi connectivity index (χ2n) is 5.78. The van der Waals surface area contributed by atoms with Crippen molar-refractivity contribution in [3.8, 4) is 0 Å². The van der Waals surface area contributed by atoms with E-state index in [-0.39, 0.29) is 27.6 Å². The van der Waals surface area contributed by atoms with Gasteiger partial charge in [-0.05, 0) is 0 Å². The molecular formula is C15H16ClN5O9S2. The average molecular weight is 510 g/mol. The smallest absolute Gasteiger partial charge is 0.363 e. The number of aromatic nitrogens is 1. The lowest BCUT2D eigenvalue weighted by Gasteiger charge is -2.41. The van der Waals surface area contributed by atoms with Gasteiger partial charge in [0.05, 0.1) is 7.11 Å². The number of rotatable bonds is 10. The average Bonchev–Trinajstić information content (AvgIpc) is 3.19. The molecule has 2 unspecified atom stereocenters. The maximum atomic E-state index is 12.8. The van der Waals surface area contributed by atoms with E-state index in [0.29, 0.717) is 0 Å². The molecule has 2 rings (SSSR count). The minimum atomic E-state index is -5.09. The summed E-state index contributed by atoms with van der Waals surface area (Å²) in [7, 11) is -4.16. The number of thiazole rings is 1. The van der Waals surface area contributed by atoms with Gasteiger partial charge in [-0.25, -0.2) is 9.78 Å². The van der Waals surface area contributed by atoms with E-state index >= 15 is 0 Å².